The van der Waals surface area contributed by atoms with Crippen molar-refractivity contribution in [2.24, 2.45) is 0 Å². The summed E-state index contributed by atoms with van der Waals surface area (Å²) in [4.78, 5) is 14.0. The minimum Gasteiger partial charge on any atom is -0.292 e. The molecule has 0 amide bonds. The zero-order valence-electron chi connectivity index (χ0n) is 15.6. The average Bonchev–Trinajstić information content (AvgIpc) is 3.15. The number of carbonyl (C=O) groups excluding carboxylic acids is 1. The molecule has 4 rings (SSSR count). The number of fused-ring (bicyclic) bond motifs is 1. The lowest BCUT2D eigenvalue weighted by atomic mass is 9.99. The summed E-state index contributed by atoms with van der Waals surface area (Å²) >= 11 is 3.38. The fourth-order valence-corrected chi connectivity index (χ4v) is 4.59. The van der Waals surface area contributed by atoms with E-state index in [1.54, 1.807) is 18.2 Å². The number of sulfonamides is 1. The maximum absolute atomic E-state index is 12.7. The molecular formula is C19H18BrN5O3S. The van der Waals surface area contributed by atoms with Crippen LogP contribution in [0.1, 0.15) is 22.3 Å². The minimum absolute atomic E-state index is 0.0435. The third-order valence-electron chi connectivity index (χ3n) is 4.72. The van der Waals surface area contributed by atoms with Crippen LogP contribution in [0.25, 0.3) is 11.4 Å². The number of aryl methyl sites for hydroxylation is 1. The van der Waals surface area contributed by atoms with Gasteiger partial charge in [-0.05, 0) is 66.1 Å². The molecule has 0 aliphatic carbocycles. The van der Waals surface area contributed by atoms with Crippen LogP contribution in [0.4, 0.5) is 5.69 Å². The topological polar surface area (TPSA) is 98.1 Å². The first-order chi connectivity index (χ1) is 13.8. The van der Waals surface area contributed by atoms with Gasteiger partial charge in [0.1, 0.15) is 6.54 Å². The van der Waals surface area contributed by atoms with Crippen molar-refractivity contribution in [1.29, 1.82) is 0 Å². The highest BCUT2D eigenvalue weighted by molar-refractivity contribution is 9.10. The third kappa shape index (κ3) is 4.23. The highest BCUT2D eigenvalue weighted by Crippen LogP contribution is 2.30. The van der Waals surface area contributed by atoms with E-state index < -0.39 is 10.0 Å². The second-order valence-corrected chi connectivity index (χ2v) is 9.68. The molecule has 2 heterocycles. The van der Waals surface area contributed by atoms with Crippen LogP contribution in [0.2, 0.25) is 0 Å². The molecule has 0 saturated carbocycles. The van der Waals surface area contributed by atoms with Gasteiger partial charge >= 0.3 is 0 Å². The number of nitrogens with zero attached hydrogens (tertiary/aromatic N) is 5. The summed E-state index contributed by atoms with van der Waals surface area (Å²) in [5.41, 5.74) is 2.81. The molecule has 0 saturated heterocycles. The molecule has 0 spiro atoms. The van der Waals surface area contributed by atoms with Gasteiger partial charge < -0.3 is 0 Å². The molecule has 0 atom stereocenters. The lowest BCUT2D eigenvalue weighted by Gasteiger charge is -2.29. The molecule has 1 aromatic heterocycles. The van der Waals surface area contributed by atoms with Gasteiger partial charge in [0.2, 0.25) is 15.8 Å². The molecule has 8 nitrogen and oxygen atoms in total. The smallest absolute Gasteiger partial charge is 0.232 e. The molecule has 0 N–H and O–H groups in total. The SMILES string of the molecule is CS(=O)(=O)N1CCCc2cc(C(=O)Cn3nnc(-c4ccc(Br)cc4)n3)ccc21. The molecule has 0 radical (unpaired) electrons. The lowest BCUT2D eigenvalue weighted by molar-refractivity contribution is 0.0961. The van der Waals surface area contributed by atoms with E-state index >= 15 is 0 Å². The van der Waals surface area contributed by atoms with E-state index in [0.717, 1.165) is 28.4 Å². The summed E-state index contributed by atoms with van der Waals surface area (Å²) in [7, 11) is -3.33. The van der Waals surface area contributed by atoms with Crippen LogP contribution in [-0.4, -0.2) is 47.2 Å². The Balaban J connectivity index is 1.53. The number of tetrazole rings is 1. The Kier molecular flexibility index (Phi) is 5.22. The summed E-state index contributed by atoms with van der Waals surface area (Å²) in [5, 5.41) is 12.3. The van der Waals surface area contributed by atoms with Gasteiger partial charge in [-0.3, -0.25) is 9.10 Å². The van der Waals surface area contributed by atoms with Crippen LogP contribution in [0, 0.1) is 0 Å². The molecule has 0 unspecified atom stereocenters. The standard InChI is InChI=1S/C19H18BrN5O3S/c1-29(27,28)24-10-2-3-14-11-15(6-9-17(14)24)18(26)12-25-22-19(21-23-25)13-4-7-16(20)8-5-13/h4-9,11H,2-3,10,12H2,1H3. The highest BCUT2D eigenvalue weighted by Gasteiger charge is 2.24. The van der Waals surface area contributed by atoms with Crippen molar-refractivity contribution < 1.29 is 13.2 Å². The summed E-state index contributed by atoms with van der Waals surface area (Å²) in [6, 6.07) is 12.6. The number of benzene rings is 2. The number of hydrogen-bond acceptors (Lipinski definition) is 6. The van der Waals surface area contributed by atoms with Crippen molar-refractivity contribution in [3.63, 3.8) is 0 Å². The van der Waals surface area contributed by atoms with Crippen LogP contribution < -0.4 is 4.31 Å². The van der Waals surface area contributed by atoms with Crippen molar-refractivity contribution in [1.82, 2.24) is 20.2 Å². The van der Waals surface area contributed by atoms with Crippen molar-refractivity contribution in [3.8, 4) is 11.4 Å². The van der Waals surface area contributed by atoms with Crippen LogP contribution in [0.15, 0.2) is 46.9 Å². The Hall–Kier alpha value is -2.59. The first-order valence-electron chi connectivity index (χ1n) is 8.99. The average molecular weight is 476 g/mol. The number of aromatic nitrogens is 4. The number of hydrogen-bond donors (Lipinski definition) is 0. The fourth-order valence-electron chi connectivity index (χ4n) is 3.32. The van der Waals surface area contributed by atoms with Gasteiger partial charge in [0.25, 0.3) is 0 Å². The number of halogens is 1. The summed E-state index contributed by atoms with van der Waals surface area (Å²) < 4.78 is 26.3. The summed E-state index contributed by atoms with van der Waals surface area (Å²) in [6.45, 7) is 0.416. The third-order valence-corrected chi connectivity index (χ3v) is 6.43. The molecule has 1 aliphatic rings. The second-order valence-electron chi connectivity index (χ2n) is 6.86. The molecule has 29 heavy (non-hydrogen) atoms. The Morgan fingerprint density at radius 3 is 2.66 bits per heavy atom. The molecular weight excluding hydrogens is 458 g/mol. The Morgan fingerprint density at radius 2 is 1.93 bits per heavy atom. The summed E-state index contributed by atoms with van der Waals surface area (Å²) in [6.07, 6.45) is 2.65. The zero-order valence-corrected chi connectivity index (χ0v) is 18.0. The van der Waals surface area contributed by atoms with E-state index in [-0.39, 0.29) is 12.3 Å². The minimum atomic E-state index is -3.33. The largest absolute Gasteiger partial charge is 0.292 e. The van der Waals surface area contributed by atoms with E-state index in [1.807, 2.05) is 24.3 Å². The van der Waals surface area contributed by atoms with Gasteiger partial charge in [0, 0.05) is 22.1 Å². The lowest BCUT2D eigenvalue weighted by Crippen LogP contribution is -2.34. The fraction of sp³-hybridized carbons (Fsp3) is 0.263. The number of ketones is 1. The van der Waals surface area contributed by atoms with Crippen LogP contribution in [0.5, 0.6) is 0 Å². The number of carbonyl (C=O) groups is 1. The van der Waals surface area contributed by atoms with Gasteiger partial charge in [-0.25, -0.2) is 8.42 Å². The van der Waals surface area contributed by atoms with Gasteiger partial charge in [-0.1, -0.05) is 15.9 Å². The van der Waals surface area contributed by atoms with E-state index in [1.165, 1.54) is 15.4 Å². The monoisotopic (exact) mass is 475 g/mol. The van der Waals surface area contributed by atoms with E-state index in [2.05, 4.69) is 31.3 Å². The molecule has 150 valence electrons. The van der Waals surface area contributed by atoms with Crippen LogP contribution >= 0.6 is 15.9 Å². The maximum atomic E-state index is 12.7. The Labute approximate surface area is 176 Å². The van der Waals surface area contributed by atoms with Gasteiger partial charge in [0.05, 0.1) is 11.9 Å². The Morgan fingerprint density at radius 1 is 1.17 bits per heavy atom. The zero-order chi connectivity index (χ0) is 20.6. The normalized spacial score (nSPS) is 13.9. The van der Waals surface area contributed by atoms with Crippen LogP contribution in [-0.2, 0) is 23.0 Å². The second kappa shape index (κ2) is 7.68. The number of Topliss-reactive ketones (excluding diaryl/α,β-unsaturated/α-hetero) is 1. The van der Waals surface area contributed by atoms with Crippen molar-refractivity contribution in [2.45, 2.75) is 19.4 Å². The predicted octanol–water partition coefficient (Wildman–Crippen LogP) is 2.70. The molecule has 2 aromatic carbocycles. The molecule has 10 heteroatoms. The van der Waals surface area contributed by atoms with Crippen molar-refractivity contribution in [3.05, 3.63) is 58.1 Å². The van der Waals surface area contributed by atoms with Crippen molar-refractivity contribution >= 4 is 37.4 Å². The molecule has 0 bridgehead atoms. The first-order valence-corrected chi connectivity index (χ1v) is 11.6. The van der Waals surface area contributed by atoms with E-state index in [9.17, 15) is 13.2 Å². The number of anilines is 1. The quantitative estimate of drug-likeness (QED) is 0.526. The highest BCUT2D eigenvalue weighted by atomic mass is 79.9. The predicted molar refractivity (Wildman–Crippen MR) is 112 cm³/mol. The summed E-state index contributed by atoms with van der Waals surface area (Å²) in [5.74, 6) is 0.281. The molecule has 3 aromatic rings. The van der Waals surface area contributed by atoms with Gasteiger partial charge in [0.15, 0.2) is 5.78 Å². The molecule has 0 fully saturated rings. The maximum Gasteiger partial charge on any atom is 0.232 e. The van der Waals surface area contributed by atoms with Crippen molar-refractivity contribution in [2.75, 3.05) is 17.1 Å². The molecule has 1 aliphatic heterocycles. The van der Waals surface area contributed by atoms with E-state index in [0.29, 0.717) is 23.6 Å². The first kappa shape index (κ1) is 19.7. The van der Waals surface area contributed by atoms with Crippen LogP contribution in [0.3, 0.4) is 0 Å². The Bertz CT molecular complexity index is 1170. The van der Waals surface area contributed by atoms with E-state index in [4.69, 9.17) is 0 Å². The van der Waals surface area contributed by atoms with Gasteiger partial charge in [-0.15, -0.1) is 10.2 Å². The van der Waals surface area contributed by atoms with Gasteiger partial charge in [-0.2, -0.15) is 4.80 Å². The number of rotatable bonds is 5.